The number of fused-ring (bicyclic) bond motifs is 2. The molecule has 240 valence electrons. The molecule has 3 N–H and O–H groups in total. The summed E-state index contributed by atoms with van der Waals surface area (Å²) in [6, 6.07) is 13.4. The lowest BCUT2D eigenvalue weighted by Gasteiger charge is -2.38. The van der Waals surface area contributed by atoms with E-state index in [4.69, 9.17) is 14.2 Å². The fourth-order valence-corrected chi connectivity index (χ4v) is 5.28. The summed E-state index contributed by atoms with van der Waals surface area (Å²) in [6.07, 6.45) is -4.82. The molecular formula is C32H35F3N4O6. The van der Waals surface area contributed by atoms with Crippen LogP contribution in [0.15, 0.2) is 60.7 Å². The summed E-state index contributed by atoms with van der Waals surface area (Å²) in [5.74, 6) is 1.29. The van der Waals surface area contributed by atoms with Gasteiger partial charge in [-0.1, -0.05) is 13.0 Å². The number of benzene rings is 3. The van der Waals surface area contributed by atoms with Crippen LogP contribution in [0.25, 0.3) is 0 Å². The number of nitrogens with one attached hydrogen (secondary N) is 2. The molecule has 2 aliphatic rings. The molecular weight excluding hydrogens is 593 g/mol. The third kappa shape index (κ3) is 7.60. The van der Waals surface area contributed by atoms with Crippen molar-refractivity contribution in [2.24, 2.45) is 5.92 Å². The SMILES string of the molecule is C[C@@H]1CN([C@@H](C)CO)C(=O)c2cc(NC(=O)Nc3ccc(C(F)(F)F)cc3)ccc2O[C@H]1CN(C)Cc1ccc2c(c1)OCO2. The largest absolute Gasteiger partial charge is 0.488 e. The van der Waals surface area contributed by atoms with Gasteiger partial charge in [0.1, 0.15) is 11.9 Å². The van der Waals surface area contributed by atoms with E-state index in [1.54, 1.807) is 24.0 Å². The molecule has 0 saturated heterocycles. The first-order valence-electron chi connectivity index (χ1n) is 14.5. The highest BCUT2D eigenvalue weighted by Crippen LogP contribution is 2.34. The molecule has 13 heteroatoms. The van der Waals surface area contributed by atoms with Crippen LogP contribution in [0.1, 0.15) is 35.3 Å². The van der Waals surface area contributed by atoms with Crippen LogP contribution in [-0.2, 0) is 12.7 Å². The fraction of sp³-hybridized carbons (Fsp3) is 0.375. The molecule has 0 saturated carbocycles. The lowest BCUT2D eigenvalue weighted by Crippen LogP contribution is -2.49. The van der Waals surface area contributed by atoms with E-state index in [2.05, 4.69) is 15.5 Å². The Morgan fingerprint density at radius 3 is 2.40 bits per heavy atom. The van der Waals surface area contributed by atoms with Gasteiger partial charge in [-0.05, 0) is 74.1 Å². The lowest BCUT2D eigenvalue weighted by atomic mass is 9.99. The molecule has 5 rings (SSSR count). The maximum atomic E-state index is 13.7. The topological polar surface area (TPSA) is 113 Å². The van der Waals surface area contributed by atoms with Crippen molar-refractivity contribution in [1.29, 1.82) is 0 Å². The monoisotopic (exact) mass is 628 g/mol. The van der Waals surface area contributed by atoms with E-state index in [0.717, 1.165) is 29.8 Å². The number of carbonyl (C=O) groups is 2. The number of rotatable bonds is 8. The molecule has 3 atom stereocenters. The predicted octanol–water partition coefficient (Wildman–Crippen LogP) is 5.43. The van der Waals surface area contributed by atoms with Crippen LogP contribution >= 0.6 is 0 Å². The summed E-state index contributed by atoms with van der Waals surface area (Å²) in [5, 5.41) is 15.0. The summed E-state index contributed by atoms with van der Waals surface area (Å²) in [4.78, 5) is 30.1. The van der Waals surface area contributed by atoms with Crippen LogP contribution < -0.4 is 24.8 Å². The van der Waals surface area contributed by atoms with Crippen molar-refractivity contribution < 1.29 is 42.1 Å². The number of aliphatic hydroxyl groups excluding tert-OH is 1. The zero-order valence-electron chi connectivity index (χ0n) is 25.1. The average Bonchev–Trinajstić information content (AvgIpc) is 3.46. The molecule has 0 aromatic heterocycles. The molecule has 2 heterocycles. The number of aliphatic hydroxyl groups is 1. The number of urea groups is 1. The molecule has 2 aliphatic heterocycles. The molecule has 0 bridgehead atoms. The second kappa shape index (κ2) is 13.2. The highest BCUT2D eigenvalue weighted by atomic mass is 19.4. The molecule has 3 aromatic rings. The van der Waals surface area contributed by atoms with Crippen LogP contribution in [0.3, 0.4) is 0 Å². The third-order valence-electron chi connectivity index (χ3n) is 7.77. The normalized spacial score (nSPS) is 18.5. The number of ether oxygens (including phenoxy) is 3. The summed E-state index contributed by atoms with van der Waals surface area (Å²) in [7, 11) is 1.97. The van der Waals surface area contributed by atoms with E-state index in [1.165, 1.54) is 6.07 Å². The van der Waals surface area contributed by atoms with Gasteiger partial charge in [0.05, 0.1) is 23.8 Å². The Balaban J connectivity index is 1.32. The van der Waals surface area contributed by atoms with Crippen LogP contribution in [0, 0.1) is 5.92 Å². The van der Waals surface area contributed by atoms with Gasteiger partial charge in [-0.25, -0.2) is 4.79 Å². The first-order valence-corrected chi connectivity index (χ1v) is 14.5. The summed E-state index contributed by atoms with van der Waals surface area (Å²) >= 11 is 0. The van der Waals surface area contributed by atoms with Crippen molar-refractivity contribution in [2.45, 2.75) is 38.7 Å². The number of alkyl halides is 3. The smallest absolute Gasteiger partial charge is 0.416 e. The maximum Gasteiger partial charge on any atom is 0.416 e. The van der Waals surface area contributed by atoms with E-state index >= 15 is 0 Å². The number of halogens is 3. The van der Waals surface area contributed by atoms with Gasteiger partial charge < -0.3 is 34.9 Å². The maximum absolute atomic E-state index is 13.7. The van der Waals surface area contributed by atoms with Crippen molar-refractivity contribution in [3.05, 3.63) is 77.4 Å². The van der Waals surface area contributed by atoms with Gasteiger partial charge >= 0.3 is 12.2 Å². The minimum Gasteiger partial charge on any atom is -0.488 e. The van der Waals surface area contributed by atoms with Crippen LogP contribution in [0.4, 0.5) is 29.3 Å². The van der Waals surface area contributed by atoms with Crippen molar-refractivity contribution in [3.63, 3.8) is 0 Å². The molecule has 0 radical (unpaired) electrons. The van der Waals surface area contributed by atoms with Crippen LogP contribution in [-0.4, -0.2) is 72.5 Å². The Kier molecular flexibility index (Phi) is 9.40. The summed E-state index contributed by atoms with van der Waals surface area (Å²) in [5.41, 5.74) is 0.851. The molecule has 0 aliphatic carbocycles. The quantitative estimate of drug-likeness (QED) is 0.305. The number of amides is 3. The van der Waals surface area contributed by atoms with Crippen LogP contribution in [0.2, 0.25) is 0 Å². The van der Waals surface area contributed by atoms with E-state index in [1.807, 2.05) is 32.2 Å². The van der Waals surface area contributed by atoms with E-state index in [9.17, 15) is 27.9 Å². The number of hydrogen-bond acceptors (Lipinski definition) is 7. The van der Waals surface area contributed by atoms with Gasteiger partial charge in [0, 0.05) is 36.9 Å². The van der Waals surface area contributed by atoms with Crippen molar-refractivity contribution in [2.75, 3.05) is 44.2 Å². The molecule has 3 aromatic carbocycles. The van der Waals surface area contributed by atoms with Gasteiger partial charge in [-0.15, -0.1) is 0 Å². The molecule has 0 unspecified atom stereocenters. The Bertz CT molecular complexity index is 1530. The Morgan fingerprint density at radius 2 is 1.69 bits per heavy atom. The standard InChI is InChI=1S/C32H35F3N4O6/c1-19-14-39(20(2)17-40)30(41)25-13-24(37-31(42)36-23-7-5-22(6-8-23)32(33,34)35)9-11-26(25)45-29(19)16-38(3)15-21-4-10-27-28(12-21)44-18-43-27/h4-13,19-20,29,40H,14-18H2,1-3H3,(H2,36,37,42)/t19-,20+,29+/m1/s1. The molecule has 45 heavy (non-hydrogen) atoms. The first kappa shape index (κ1) is 31.9. The highest BCUT2D eigenvalue weighted by Gasteiger charge is 2.34. The zero-order valence-corrected chi connectivity index (χ0v) is 25.1. The number of hydrogen-bond donors (Lipinski definition) is 3. The van der Waals surface area contributed by atoms with Crippen molar-refractivity contribution >= 4 is 23.3 Å². The average molecular weight is 629 g/mol. The second-order valence-corrected chi connectivity index (χ2v) is 11.4. The summed E-state index contributed by atoms with van der Waals surface area (Å²) in [6.45, 7) is 5.18. The molecule has 10 nitrogen and oxygen atoms in total. The van der Waals surface area contributed by atoms with E-state index in [-0.39, 0.29) is 48.3 Å². The summed E-state index contributed by atoms with van der Waals surface area (Å²) < 4.78 is 55.9. The first-order chi connectivity index (χ1) is 21.4. The van der Waals surface area contributed by atoms with E-state index in [0.29, 0.717) is 36.9 Å². The van der Waals surface area contributed by atoms with Gasteiger partial charge in [-0.2, -0.15) is 13.2 Å². The Labute approximate surface area is 258 Å². The predicted molar refractivity (Wildman–Crippen MR) is 161 cm³/mol. The van der Waals surface area contributed by atoms with Crippen LogP contribution in [0.5, 0.6) is 17.2 Å². The number of likely N-dealkylation sites (N-methyl/N-ethyl adjacent to an activating group) is 1. The van der Waals surface area contributed by atoms with Gasteiger partial charge in [0.15, 0.2) is 11.5 Å². The van der Waals surface area contributed by atoms with Crippen molar-refractivity contribution in [3.8, 4) is 17.2 Å². The molecule has 3 amide bonds. The highest BCUT2D eigenvalue weighted by molar-refractivity contribution is 6.02. The fourth-order valence-electron chi connectivity index (χ4n) is 5.28. The van der Waals surface area contributed by atoms with E-state index < -0.39 is 23.8 Å². The van der Waals surface area contributed by atoms with Gasteiger partial charge in [0.2, 0.25) is 6.79 Å². The number of carbonyl (C=O) groups excluding carboxylic acids is 2. The number of nitrogens with zero attached hydrogens (tertiary/aromatic N) is 2. The molecule has 0 spiro atoms. The van der Waals surface area contributed by atoms with Crippen molar-refractivity contribution in [1.82, 2.24) is 9.80 Å². The lowest BCUT2D eigenvalue weighted by molar-refractivity contribution is -0.137. The minimum absolute atomic E-state index is 0.0948. The molecule has 0 fully saturated rings. The third-order valence-corrected chi connectivity index (χ3v) is 7.77. The zero-order chi connectivity index (χ0) is 32.3. The minimum atomic E-state index is -4.49. The Hall–Kier alpha value is -4.49. The van der Waals surface area contributed by atoms with Gasteiger partial charge in [-0.3, -0.25) is 9.69 Å². The second-order valence-electron chi connectivity index (χ2n) is 11.4. The van der Waals surface area contributed by atoms with Gasteiger partial charge in [0.25, 0.3) is 5.91 Å². The number of anilines is 2. The Morgan fingerprint density at radius 1 is 1.02 bits per heavy atom.